The third-order valence-corrected chi connectivity index (χ3v) is 6.14. The molecule has 2 fully saturated rings. The molecule has 1 aliphatic carbocycles. The molecule has 26 heavy (non-hydrogen) atoms. The van der Waals surface area contributed by atoms with E-state index in [0.29, 0.717) is 0 Å². The van der Waals surface area contributed by atoms with Crippen molar-refractivity contribution < 1.29 is 4.74 Å². The maximum Gasteiger partial charge on any atom is 0.191 e. The minimum Gasteiger partial charge on any atom is -0.381 e. The van der Waals surface area contributed by atoms with E-state index in [1.54, 1.807) is 0 Å². The van der Waals surface area contributed by atoms with E-state index in [-0.39, 0.29) is 29.5 Å². The van der Waals surface area contributed by atoms with Gasteiger partial charge in [0.05, 0.1) is 6.54 Å². The average Bonchev–Trinajstić information content (AvgIpc) is 2.60. The molecule has 2 N–H and O–H groups in total. The van der Waals surface area contributed by atoms with Crippen molar-refractivity contribution in [1.82, 2.24) is 15.5 Å². The first-order valence-electron chi connectivity index (χ1n) is 10.3. The largest absolute Gasteiger partial charge is 0.381 e. The van der Waals surface area contributed by atoms with Crippen LogP contribution in [0.25, 0.3) is 0 Å². The summed E-state index contributed by atoms with van der Waals surface area (Å²) in [5.74, 6) is 2.77. The minimum atomic E-state index is 0. The molecular formula is C20H41IN4O. The highest BCUT2D eigenvalue weighted by molar-refractivity contribution is 14.0. The summed E-state index contributed by atoms with van der Waals surface area (Å²) in [6.45, 7) is 9.00. The van der Waals surface area contributed by atoms with Crippen LogP contribution < -0.4 is 10.6 Å². The molecule has 1 heterocycles. The van der Waals surface area contributed by atoms with Gasteiger partial charge in [-0.1, -0.05) is 26.2 Å². The van der Waals surface area contributed by atoms with Gasteiger partial charge in [0.25, 0.3) is 0 Å². The zero-order valence-corrected chi connectivity index (χ0v) is 19.7. The Morgan fingerprint density at radius 1 is 1.19 bits per heavy atom. The normalized spacial score (nSPS) is 26.3. The van der Waals surface area contributed by atoms with Crippen molar-refractivity contribution in [1.29, 1.82) is 0 Å². The van der Waals surface area contributed by atoms with Crippen LogP contribution in [-0.4, -0.2) is 63.3 Å². The van der Waals surface area contributed by atoms with Crippen LogP contribution in [-0.2, 0) is 4.74 Å². The molecule has 0 aromatic rings. The van der Waals surface area contributed by atoms with Gasteiger partial charge in [-0.05, 0) is 58.5 Å². The Kier molecular flexibility index (Phi) is 11.4. The lowest BCUT2D eigenvalue weighted by atomic mass is 9.81. The van der Waals surface area contributed by atoms with Gasteiger partial charge < -0.3 is 20.3 Å². The van der Waals surface area contributed by atoms with Crippen LogP contribution in [0.5, 0.6) is 0 Å². The highest BCUT2D eigenvalue weighted by Crippen LogP contribution is 2.30. The highest BCUT2D eigenvalue weighted by Gasteiger charge is 2.34. The van der Waals surface area contributed by atoms with E-state index in [4.69, 9.17) is 9.73 Å². The van der Waals surface area contributed by atoms with Gasteiger partial charge in [-0.25, -0.2) is 0 Å². The van der Waals surface area contributed by atoms with Crippen molar-refractivity contribution in [2.75, 3.05) is 46.9 Å². The monoisotopic (exact) mass is 480 g/mol. The topological polar surface area (TPSA) is 48.9 Å². The molecule has 0 amide bonds. The molecular weight excluding hydrogens is 439 g/mol. The summed E-state index contributed by atoms with van der Waals surface area (Å²) in [7, 11) is 4.34. The fourth-order valence-electron chi connectivity index (χ4n) is 4.28. The van der Waals surface area contributed by atoms with Gasteiger partial charge in [-0.3, -0.25) is 4.99 Å². The van der Waals surface area contributed by atoms with Gasteiger partial charge in [0.15, 0.2) is 5.96 Å². The van der Waals surface area contributed by atoms with Gasteiger partial charge >= 0.3 is 0 Å². The number of guanidine groups is 1. The molecule has 2 atom stereocenters. The Morgan fingerprint density at radius 2 is 1.92 bits per heavy atom. The minimum absolute atomic E-state index is 0. The zero-order chi connectivity index (χ0) is 18.1. The standard InChI is InChI=1S/C20H40N4O.HI/c1-5-21-19(22-12-9-18-8-6-7-17(2)15-18)23-16-20(24(3)4)10-13-25-14-11-20;/h17-18H,5-16H2,1-4H3,(H2,21,22,23);1H. The lowest BCUT2D eigenvalue weighted by molar-refractivity contribution is -0.00254. The Morgan fingerprint density at radius 3 is 2.54 bits per heavy atom. The quantitative estimate of drug-likeness (QED) is 0.333. The first kappa shape index (κ1) is 24.0. The molecule has 6 heteroatoms. The number of hydrogen-bond donors (Lipinski definition) is 2. The second-order valence-electron chi connectivity index (χ2n) is 8.28. The second-order valence-corrected chi connectivity index (χ2v) is 8.28. The molecule has 0 radical (unpaired) electrons. The number of ether oxygens (including phenoxy) is 1. The summed E-state index contributed by atoms with van der Waals surface area (Å²) < 4.78 is 5.56. The number of aliphatic imine (C=N–C) groups is 1. The van der Waals surface area contributed by atoms with Crippen LogP contribution in [0.3, 0.4) is 0 Å². The molecule has 154 valence electrons. The molecule has 2 unspecified atom stereocenters. The second kappa shape index (κ2) is 12.4. The van der Waals surface area contributed by atoms with E-state index >= 15 is 0 Å². The molecule has 0 aromatic carbocycles. The van der Waals surface area contributed by atoms with Gasteiger partial charge in [0, 0.05) is 31.8 Å². The van der Waals surface area contributed by atoms with Gasteiger partial charge in [-0.15, -0.1) is 24.0 Å². The molecule has 0 spiro atoms. The summed E-state index contributed by atoms with van der Waals surface area (Å²) >= 11 is 0. The van der Waals surface area contributed by atoms with Crippen LogP contribution in [0.4, 0.5) is 0 Å². The van der Waals surface area contributed by atoms with Crippen molar-refractivity contribution in [2.45, 2.75) is 64.3 Å². The smallest absolute Gasteiger partial charge is 0.191 e. The Balaban J connectivity index is 0.00000338. The van der Waals surface area contributed by atoms with Crippen LogP contribution in [0.2, 0.25) is 0 Å². The van der Waals surface area contributed by atoms with Crippen molar-refractivity contribution in [2.24, 2.45) is 16.8 Å². The van der Waals surface area contributed by atoms with E-state index in [9.17, 15) is 0 Å². The molecule has 1 saturated heterocycles. The Bertz CT molecular complexity index is 411. The van der Waals surface area contributed by atoms with E-state index in [1.807, 2.05) is 0 Å². The first-order valence-corrected chi connectivity index (χ1v) is 10.3. The lowest BCUT2D eigenvalue weighted by Crippen LogP contribution is -2.51. The van der Waals surface area contributed by atoms with Crippen molar-refractivity contribution in [3.05, 3.63) is 0 Å². The van der Waals surface area contributed by atoms with Crippen LogP contribution >= 0.6 is 24.0 Å². The summed E-state index contributed by atoms with van der Waals surface area (Å²) in [5.41, 5.74) is 0.138. The maximum absolute atomic E-state index is 5.56. The summed E-state index contributed by atoms with van der Waals surface area (Å²) in [4.78, 5) is 7.26. The third kappa shape index (κ3) is 7.50. The van der Waals surface area contributed by atoms with E-state index in [0.717, 1.165) is 63.5 Å². The van der Waals surface area contributed by atoms with Crippen molar-refractivity contribution in [3.8, 4) is 0 Å². The number of nitrogens with one attached hydrogen (secondary N) is 2. The number of rotatable bonds is 7. The maximum atomic E-state index is 5.56. The third-order valence-electron chi connectivity index (χ3n) is 6.14. The van der Waals surface area contributed by atoms with Crippen LogP contribution in [0.1, 0.15) is 58.8 Å². The molecule has 5 nitrogen and oxygen atoms in total. The van der Waals surface area contributed by atoms with E-state index in [2.05, 4.69) is 43.5 Å². The first-order chi connectivity index (χ1) is 12.1. The number of halogens is 1. The van der Waals surface area contributed by atoms with Crippen molar-refractivity contribution in [3.63, 3.8) is 0 Å². The van der Waals surface area contributed by atoms with E-state index < -0.39 is 0 Å². The SMILES string of the molecule is CCNC(=NCC1(N(C)C)CCOCC1)NCCC1CCCC(C)C1.I. The van der Waals surface area contributed by atoms with E-state index in [1.165, 1.54) is 32.1 Å². The number of hydrogen-bond acceptors (Lipinski definition) is 3. The van der Waals surface area contributed by atoms with Crippen LogP contribution in [0.15, 0.2) is 4.99 Å². The summed E-state index contributed by atoms with van der Waals surface area (Å²) in [6.07, 6.45) is 9.02. The molecule has 0 aromatic heterocycles. The van der Waals surface area contributed by atoms with Gasteiger partial charge in [0.2, 0.25) is 0 Å². The Labute approximate surface area is 178 Å². The molecule has 1 saturated carbocycles. The average molecular weight is 480 g/mol. The lowest BCUT2D eigenvalue weighted by Gasteiger charge is -2.41. The number of nitrogens with zero attached hydrogens (tertiary/aromatic N) is 2. The van der Waals surface area contributed by atoms with Crippen LogP contribution in [0, 0.1) is 11.8 Å². The fraction of sp³-hybridized carbons (Fsp3) is 0.950. The molecule has 0 bridgehead atoms. The van der Waals surface area contributed by atoms with Gasteiger partial charge in [0.1, 0.15) is 0 Å². The molecule has 2 rings (SSSR count). The molecule has 1 aliphatic heterocycles. The Hall–Kier alpha value is -0.0800. The molecule has 2 aliphatic rings. The predicted octanol–water partition coefficient (Wildman–Crippen LogP) is 3.49. The summed E-state index contributed by atoms with van der Waals surface area (Å²) in [6, 6.07) is 0. The fourth-order valence-corrected chi connectivity index (χ4v) is 4.28. The zero-order valence-electron chi connectivity index (χ0n) is 17.4. The van der Waals surface area contributed by atoms with Crippen molar-refractivity contribution >= 4 is 29.9 Å². The summed E-state index contributed by atoms with van der Waals surface area (Å²) in [5, 5.41) is 6.98. The predicted molar refractivity (Wildman–Crippen MR) is 122 cm³/mol. The number of likely N-dealkylation sites (N-methyl/N-ethyl adjacent to an activating group) is 1. The van der Waals surface area contributed by atoms with Gasteiger partial charge in [-0.2, -0.15) is 0 Å². The highest BCUT2D eigenvalue weighted by atomic mass is 127.